The number of aromatic amines is 1. The molecule has 43 heavy (non-hydrogen) atoms. The SMILES string of the molecule is CCCc1ccc(NC(=O)[C@H](CC/C=C/C(=O)N(C)C)NC(=O)OC)c(=O)n1Cc1nc2c(F)cnc(CC(C)C)c2[nH]1. The van der Waals surface area contributed by atoms with Gasteiger partial charge in [-0.1, -0.05) is 33.3 Å². The van der Waals surface area contributed by atoms with E-state index >= 15 is 0 Å². The summed E-state index contributed by atoms with van der Waals surface area (Å²) < 4.78 is 20.7. The molecule has 0 aliphatic carbocycles. The number of methoxy groups -OCH3 is 1. The molecule has 0 aliphatic heterocycles. The molecule has 12 nitrogen and oxygen atoms in total. The molecule has 3 aromatic heterocycles. The topological polar surface area (TPSA) is 151 Å². The Kier molecular flexibility index (Phi) is 11.6. The van der Waals surface area contributed by atoms with E-state index in [1.165, 1.54) is 28.7 Å². The van der Waals surface area contributed by atoms with Crippen LogP contribution in [0, 0.1) is 11.7 Å². The van der Waals surface area contributed by atoms with Crippen LogP contribution in [0.15, 0.2) is 35.3 Å². The van der Waals surface area contributed by atoms with Crippen LogP contribution in [0.3, 0.4) is 0 Å². The number of carbonyl (C=O) groups is 3. The number of alkyl carbamates (subject to hydrolysis) is 1. The minimum absolute atomic E-state index is 0.00398. The van der Waals surface area contributed by atoms with Gasteiger partial charge in [-0.15, -0.1) is 0 Å². The third-order valence-electron chi connectivity index (χ3n) is 6.66. The molecule has 0 aromatic carbocycles. The summed E-state index contributed by atoms with van der Waals surface area (Å²) in [6.45, 7) is 6.08. The van der Waals surface area contributed by atoms with Crippen LogP contribution in [0.2, 0.25) is 0 Å². The minimum atomic E-state index is -1.04. The lowest BCUT2D eigenvalue weighted by Crippen LogP contribution is -2.44. The van der Waals surface area contributed by atoms with E-state index in [4.69, 9.17) is 0 Å². The largest absolute Gasteiger partial charge is 0.453 e. The lowest BCUT2D eigenvalue weighted by Gasteiger charge is -2.18. The quantitative estimate of drug-likeness (QED) is 0.255. The van der Waals surface area contributed by atoms with Crippen LogP contribution in [-0.4, -0.2) is 69.6 Å². The number of halogens is 1. The number of aromatic nitrogens is 4. The van der Waals surface area contributed by atoms with Crippen molar-refractivity contribution in [1.82, 2.24) is 29.7 Å². The van der Waals surface area contributed by atoms with Crippen LogP contribution in [0.5, 0.6) is 0 Å². The Hall–Kier alpha value is -4.55. The third kappa shape index (κ3) is 8.72. The van der Waals surface area contributed by atoms with Gasteiger partial charge in [-0.05, 0) is 49.8 Å². The number of pyridine rings is 2. The molecular weight excluding hydrogens is 557 g/mol. The summed E-state index contributed by atoms with van der Waals surface area (Å²) in [7, 11) is 4.42. The Bertz CT molecular complexity index is 1540. The normalized spacial score (nSPS) is 12.1. The number of H-pyrrole nitrogens is 1. The van der Waals surface area contributed by atoms with Gasteiger partial charge < -0.3 is 29.8 Å². The zero-order valence-corrected chi connectivity index (χ0v) is 25.5. The van der Waals surface area contributed by atoms with Crippen molar-refractivity contribution in [3.63, 3.8) is 0 Å². The van der Waals surface area contributed by atoms with Crippen molar-refractivity contribution in [3.8, 4) is 0 Å². The molecule has 0 spiro atoms. The number of anilines is 1. The van der Waals surface area contributed by atoms with E-state index in [1.54, 1.807) is 26.2 Å². The number of likely N-dealkylation sites (N-methyl/N-ethyl adjacent to an activating group) is 1. The Morgan fingerprint density at radius 3 is 2.63 bits per heavy atom. The van der Waals surface area contributed by atoms with Crippen molar-refractivity contribution < 1.29 is 23.5 Å². The van der Waals surface area contributed by atoms with Gasteiger partial charge in [0, 0.05) is 19.8 Å². The highest BCUT2D eigenvalue weighted by atomic mass is 19.1. The molecule has 0 fully saturated rings. The maximum Gasteiger partial charge on any atom is 0.407 e. The number of ether oxygens (including phenoxy) is 1. The van der Waals surface area contributed by atoms with Crippen molar-refractivity contribution in [2.24, 2.45) is 5.92 Å². The Balaban J connectivity index is 1.90. The van der Waals surface area contributed by atoms with E-state index in [-0.39, 0.29) is 30.1 Å². The molecule has 3 aromatic rings. The van der Waals surface area contributed by atoms with Crippen LogP contribution in [0.4, 0.5) is 14.9 Å². The van der Waals surface area contributed by atoms with Gasteiger partial charge in [0.05, 0.1) is 31.1 Å². The first-order valence-electron chi connectivity index (χ1n) is 14.2. The number of imidazole rings is 1. The number of nitrogens with zero attached hydrogens (tertiary/aromatic N) is 4. The minimum Gasteiger partial charge on any atom is -0.453 e. The molecule has 1 atom stereocenters. The fourth-order valence-corrected chi connectivity index (χ4v) is 4.48. The highest BCUT2D eigenvalue weighted by Gasteiger charge is 2.23. The van der Waals surface area contributed by atoms with E-state index < -0.39 is 29.4 Å². The van der Waals surface area contributed by atoms with Gasteiger partial charge >= 0.3 is 6.09 Å². The molecule has 3 rings (SSSR count). The second-order valence-electron chi connectivity index (χ2n) is 10.8. The van der Waals surface area contributed by atoms with Crippen molar-refractivity contribution in [2.75, 3.05) is 26.5 Å². The van der Waals surface area contributed by atoms with E-state index in [0.717, 1.165) is 12.6 Å². The molecule has 3 N–H and O–H groups in total. The average Bonchev–Trinajstić information content (AvgIpc) is 3.39. The van der Waals surface area contributed by atoms with Gasteiger partial charge in [0.25, 0.3) is 5.56 Å². The molecular formula is C30H40FN7O5. The van der Waals surface area contributed by atoms with Gasteiger partial charge in [0.15, 0.2) is 5.82 Å². The fourth-order valence-electron chi connectivity index (χ4n) is 4.48. The highest BCUT2D eigenvalue weighted by Crippen LogP contribution is 2.21. The molecule has 0 unspecified atom stereocenters. The van der Waals surface area contributed by atoms with Crippen LogP contribution in [0.1, 0.15) is 57.2 Å². The first-order chi connectivity index (χ1) is 20.4. The summed E-state index contributed by atoms with van der Waals surface area (Å²) in [5.74, 6) is -0.730. The third-order valence-corrected chi connectivity index (χ3v) is 6.66. The zero-order valence-electron chi connectivity index (χ0n) is 25.5. The molecule has 3 amide bonds. The summed E-state index contributed by atoms with van der Waals surface area (Å²) in [5, 5.41) is 5.10. The number of hydrogen-bond donors (Lipinski definition) is 3. The van der Waals surface area contributed by atoms with E-state index in [9.17, 15) is 23.6 Å². The number of carbonyl (C=O) groups excluding carboxylic acids is 3. The zero-order chi connectivity index (χ0) is 31.7. The molecule has 0 bridgehead atoms. The second-order valence-corrected chi connectivity index (χ2v) is 10.8. The summed E-state index contributed by atoms with van der Waals surface area (Å²) >= 11 is 0. The molecule has 232 valence electrons. The number of fused-ring (bicyclic) bond motifs is 1. The van der Waals surface area contributed by atoms with Crippen LogP contribution in [0.25, 0.3) is 11.0 Å². The van der Waals surface area contributed by atoms with Gasteiger partial charge in [0.1, 0.15) is 23.1 Å². The van der Waals surface area contributed by atoms with Crippen molar-refractivity contribution >= 4 is 34.6 Å². The van der Waals surface area contributed by atoms with Gasteiger partial charge in [-0.2, -0.15) is 0 Å². The van der Waals surface area contributed by atoms with Gasteiger partial charge in [-0.3, -0.25) is 19.4 Å². The molecule has 0 saturated carbocycles. The lowest BCUT2D eigenvalue weighted by atomic mass is 10.1. The maximum absolute atomic E-state index is 14.6. The predicted molar refractivity (Wildman–Crippen MR) is 161 cm³/mol. The number of rotatable bonds is 13. The smallest absolute Gasteiger partial charge is 0.407 e. The van der Waals surface area contributed by atoms with Gasteiger partial charge in [-0.25, -0.2) is 14.2 Å². The van der Waals surface area contributed by atoms with Gasteiger partial charge in [0.2, 0.25) is 11.8 Å². The van der Waals surface area contributed by atoms with Crippen molar-refractivity contribution in [3.05, 3.63) is 63.9 Å². The Morgan fingerprint density at radius 1 is 1.23 bits per heavy atom. The van der Waals surface area contributed by atoms with Crippen LogP contribution < -0.4 is 16.2 Å². The molecule has 0 aliphatic rings. The fraction of sp³-hybridized carbons (Fsp3) is 0.467. The lowest BCUT2D eigenvalue weighted by molar-refractivity contribution is -0.123. The maximum atomic E-state index is 14.6. The monoisotopic (exact) mass is 597 g/mol. The summed E-state index contributed by atoms with van der Waals surface area (Å²) in [6.07, 6.45) is 5.76. The van der Waals surface area contributed by atoms with E-state index in [2.05, 4.69) is 30.3 Å². The standard InChI is InChI=1S/C30H40FN7O5/c1-7-10-19-13-14-22(33-28(40)21(34-30(42)43-6)11-8-9-12-25(39)37(4)5)29(41)38(19)17-24-35-26-20(31)16-32-23(15-18(2)3)27(26)36-24/h9,12-14,16,18,21H,7-8,10-11,15,17H2,1-6H3,(H,33,40)(H,34,42)(H,35,36)/b12-9+/t21-/m0/s1. The summed E-state index contributed by atoms with van der Waals surface area (Å²) in [5.41, 5.74) is 1.59. The molecule has 3 heterocycles. The number of allylic oxidation sites excluding steroid dienone is 1. The van der Waals surface area contributed by atoms with Crippen molar-refractivity contribution in [2.45, 2.75) is 65.5 Å². The predicted octanol–water partition coefficient (Wildman–Crippen LogP) is 3.55. The van der Waals surface area contributed by atoms with Crippen LogP contribution in [-0.2, 0) is 33.7 Å². The first-order valence-corrected chi connectivity index (χ1v) is 14.2. The second kappa shape index (κ2) is 15.1. The number of nitrogens with one attached hydrogen (secondary N) is 3. The first kappa shape index (κ1) is 33.0. The average molecular weight is 598 g/mol. The number of aryl methyl sites for hydroxylation is 1. The summed E-state index contributed by atoms with van der Waals surface area (Å²) in [6, 6.07) is 2.23. The van der Waals surface area contributed by atoms with E-state index in [0.29, 0.717) is 47.9 Å². The Labute approximate surface area is 249 Å². The molecule has 0 radical (unpaired) electrons. The molecule has 13 heteroatoms. The highest BCUT2D eigenvalue weighted by molar-refractivity contribution is 5.96. The van der Waals surface area contributed by atoms with Crippen molar-refractivity contribution in [1.29, 1.82) is 0 Å². The number of hydrogen-bond acceptors (Lipinski definition) is 7. The van der Waals surface area contributed by atoms with Crippen LogP contribution >= 0.6 is 0 Å². The Morgan fingerprint density at radius 2 is 1.98 bits per heavy atom. The number of amides is 3. The van der Waals surface area contributed by atoms with E-state index in [1.807, 2.05) is 20.8 Å². The molecule has 0 saturated heterocycles. The summed E-state index contributed by atoms with van der Waals surface area (Å²) in [4.78, 5) is 63.8.